The van der Waals surface area contributed by atoms with Gasteiger partial charge in [0.1, 0.15) is 11.8 Å². The molecule has 0 amide bonds. The van der Waals surface area contributed by atoms with Gasteiger partial charge < -0.3 is 19.8 Å². The number of hydrogen-bond donors (Lipinski definition) is 1. The van der Waals surface area contributed by atoms with Gasteiger partial charge in [-0.15, -0.1) is 0 Å². The summed E-state index contributed by atoms with van der Waals surface area (Å²) in [6, 6.07) is 19.5. The smallest absolute Gasteiger partial charge is 0.264 e. The molecule has 2 aromatic carbocycles. The zero-order valence-corrected chi connectivity index (χ0v) is 21.2. The Morgan fingerprint density at radius 1 is 0.892 bits per heavy atom. The SMILES string of the molecule is CS(=O)(=O)OC[C@@H]1[C@H](COCc2ccccc2)[C@H](OCc2ccccc2)[C@H]1n1cnc2c(N)ncnc21. The summed E-state index contributed by atoms with van der Waals surface area (Å²) in [6.07, 6.45) is 3.77. The van der Waals surface area contributed by atoms with Gasteiger partial charge in [-0.2, -0.15) is 8.42 Å². The van der Waals surface area contributed by atoms with E-state index >= 15 is 0 Å². The number of ether oxygens (including phenoxy) is 2. The van der Waals surface area contributed by atoms with E-state index in [0.717, 1.165) is 17.4 Å². The molecule has 4 aromatic rings. The van der Waals surface area contributed by atoms with Crippen molar-refractivity contribution < 1.29 is 22.1 Å². The first-order chi connectivity index (χ1) is 17.9. The summed E-state index contributed by atoms with van der Waals surface area (Å²) in [4.78, 5) is 12.8. The average Bonchev–Trinajstić information content (AvgIpc) is 3.30. The van der Waals surface area contributed by atoms with Crippen molar-refractivity contribution in [2.75, 3.05) is 25.2 Å². The molecule has 11 heteroatoms. The highest BCUT2D eigenvalue weighted by molar-refractivity contribution is 7.85. The van der Waals surface area contributed by atoms with Crippen molar-refractivity contribution in [1.82, 2.24) is 19.5 Å². The number of nitrogens with zero attached hydrogens (tertiary/aromatic N) is 4. The topological polar surface area (TPSA) is 131 Å². The summed E-state index contributed by atoms with van der Waals surface area (Å²) in [7, 11) is -3.65. The fourth-order valence-corrected chi connectivity index (χ4v) is 5.22. The van der Waals surface area contributed by atoms with Crippen LogP contribution in [-0.4, -0.2) is 53.5 Å². The molecule has 2 aromatic heterocycles. The molecule has 10 nitrogen and oxygen atoms in total. The molecule has 4 atom stereocenters. The highest BCUT2D eigenvalue weighted by atomic mass is 32.2. The molecule has 2 N–H and O–H groups in total. The Balaban J connectivity index is 1.43. The second-order valence-electron chi connectivity index (χ2n) is 9.15. The van der Waals surface area contributed by atoms with Crippen LogP contribution in [0.25, 0.3) is 11.2 Å². The van der Waals surface area contributed by atoms with Gasteiger partial charge in [0.2, 0.25) is 0 Å². The standard InChI is InChI=1S/C26H29N5O5S/c1-37(32,33)36-15-20-21(14-34-12-18-8-4-2-5-9-18)24(35-13-19-10-6-3-7-11-19)23(20)31-17-30-22-25(27)28-16-29-26(22)31/h2-11,16-17,20-21,23-24H,12-15H2,1H3,(H2,27,28,29)/t20-,21+,23+,24+/m1/s1. The molecule has 0 bridgehead atoms. The fourth-order valence-electron chi connectivity index (χ4n) is 4.82. The highest BCUT2D eigenvalue weighted by Gasteiger charge is 2.53. The van der Waals surface area contributed by atoms with Crippen LogP contribution in [0.4, 0.5) is 5.82 Å². The van der Waals surface area contributed by atoms with E-state index in [1.54, 1.807) is 6.33 Å². The van der Waals surface area contributed by atoms with Crippen LogP contribution in [0.15, 0.2) is 73.3 Å². The lowest BCUT2D eigenvalue weighted by molar-refractivity contribution is -0.168. The maximum absolute atomic E-state index is 11.9. The van der Waals surface area contributed by atoms with Crippen molar-refractivity contribution >= 4 is 27.1 Å². The third-order valence-electron chi connectivity index (χ3n) is 6.64. The van der Waals surface area contributed by atoms with Crippen molar-refractivity contribution in [3.63, 3.8) is 0 Å². The highest BCUT2D eigenvalue weighted by Crippen LogP contribution is 2.48. The minimum atomic E-state index is -3.65. The van der Waals surface area contributed by atoms with Gasteiger partial charge in [0.15, 0.2) is 11.5 Å². The third-order valence-corrected chi connectivity index (χ3v) is 7.20. The average molecular weight is 524 g/mol. The van der Waals surface area contributed by atoms with E-state index in [-0.39, 0.29) is 36.4 Å². The summed E-state index contributed by atoms with van der Waals surface area (Å²) in [5.41, 5.74) is 9.14. The Morgan fingerprint density at radius 3 is 2.24 bits per heavy atom. The van der Waals surface area contributed by atoms with Gasteiger partial charge in [-0.05, 0) is 11.1 Å². The predicted octanol–water partition coefficient (Wildman–Crippen LogP) is 2.97. The first kappa shape index (κ1) is 25.3. The number of imidazole rings is 1. The van der Waals surface area contributed by atoms with Gasteiger partial charge in [0, 0.05) is 11.8 Å². The van der Waals surface area contributed by atoms with E-state index in [0.29, 0.717) is 31.0 Å². The Labute approximate surface area is 215 Å². The molecular weight excluding hydrogens is 494 g/mol. The molecule has 1 aliphatic rings. The summed E-state index contributed by atoms with van der Waals surface area (Å²) in [6.45, 7) is 1.17. The summed E-state index contributed by atoms with van der Waals surface area (Å²) < 4.78 is 43.5. The fraction of sp³-hybridized carbons (Fsp3) is 0.346. The van der Waals surface area contributed by atoms with Gasteiger partial charge >= 0.3 is 0 Å². The third kappa shape index (κ3) is 5.80. The molecule has 194 valence electrons. The van der Waals surface area contributed by atoms with Crippen molar-refractivity contribution in [3.8, 4) is 0 Å². The van der Waals surface area contributed by atoms with Gasteiger partial charge in [0.25, 0.3) is 10.1 Å². The van der Waals surface area contributed by atoms with E-state index in [9.17, 15) is 8.42 Å². The zero-order valence-electron chi connectivity index (χ0n) is 20.4. The Morgan fingerprint density at radius 2 is 1.57 bits per heavy atom. The van der Waals surface area contributed by atoms with Crippen LogP contribution in [0.3, 0.4) is 0 Å². The molecule has 5 rings (SSSR count). The minimum absolute atomic E-state index is 0.0195. The number of nitrogens with two attached hydrogens (primary N) is 1. The molecule has 0 radical (unpaired) electrons. The minimum Gasteiger partial charge on any atom is -0.382 e. The largest absolute Gasteiger partial charge is 0.382 e. The maximum Gasteiger partial charge on any atom is 0.264 e. The zero-order chi connectivity index (χ0) is 25.8. The van der Waals surface area contributed by atoms with Gasteiger partial charge in [-0.25, -0.2) is 15.0 Å². The van der Waals surface area contributed by atoms with E-state index < -0.39 is 10.1 Å². The molecule has 0 aliphatic heterocycles. The number of hydrogen-bond acceptors (Lipinski definition) is 9. The quantitative estimate of drug-likeness (QED) is 0.295. The van der Waals surface area contributed by atoms with E-state index in [4.69, 9.17) is 19.4 Å². The van der Waals surface area contributed by atoms with Crippen molar-refractivity contribution in [3.05, 3.63) is 84.4 Å². The number of fused-ring (bicyclic) bond motifs is 1. The summed E-state index contributed by atoms with van der Waals surface area (Å²) in [5, 5.41) is 0. The second kappa shape index (κ2) is 10.9. The molecular formula is C26H29N5O5S. The molecule has 1 aliphatic carbocycles. The normalized spacial score (nSPS) is 21.6. The lowest BCUT2D eigenvalue weighted by Gasteiger charge is -2.51. The molecule has 1 fully saturated rings. The van der Waals surface area contributed by atoms with Crippen LogP contribution in [-0.2, 0) is 37.0 Å². The Kier molecular flexibility index (Phi) is 7.47. The van der Waals surface area contributed by atoms with Crippen LogP contribution < -0.4 is 5.73 Å². The Bertz CT molecular complexity index is 1430. The first-order valence-electron chi connectivity index (χ1n) is 12.0. The monoisotopic (exact) mass is 523 g/mol. The van der Waals surface area contributed by atoms with Crippen LogP contribution >= 0.6 is 0 Å². The van der Waals surface area contributed by atoms with Crippen molar-refractivity contribution in [2.24, 2.45) is 11.8 Å². The second-order valence-corrected chi connectivity index (χ2v) is 10.8. The lowest BCUT2D eigenvalue weighted by Crippen LogP contribution is -2.57. The van der Waals surface area contributed by atoms with Crippen LogP contribution in [0.2, 0.25) is 0 Å². The molecule has 2 heterocycles. The summed E-state index contributed by atoms with van der Waals surface area (Å²) >= 11 is 0. The van der Waals surface area contributed by atoms with Crippen molar-refractivity contribution in [1.29, 1.82) is 0 Å². The van der Waals surface area contributed by atoms with E-state index in [1.165, 1.54) is 6.33 Å². The number of nitrogen functional groups attached to an aromatic ring is 1. The predicted molar refractivity (Wildman–Crippen MR) is 138 cm³/mol. The first-order valence-corrected chi connectivity index (χ1v) is 13.8. The molecule has 0 saturated heterocycles. The van der Waals surface area contributed by atoms with E-state index in [1.807, 2.05) is 65.2 Å². The van der Waals surface area contributed by atoms with Crippen molar-refractivity contribution in [2.45, 2.75) is 25.4 Å². The lowest BCUT2D eigenvalue weighted by atomic mass is 9.66. The Hall–Kier alpha value is -3.38. The molecule has 1 saturated carbocycles. The molecule has 0 unspecified atom stereocenters. The van der Waals surface area contributed by atoms with Gasteiger partial charge in [-0.1, -0.05) is 60.7 Å². The number of aromatic nitrogens is 4. The number of rotatable bonds is 11. The van der Waals surface area contributed by atoms with E-state index in [2.05, 4.69) is 15.0 Å². The maximum atomic E-state index is 11.9. The van der Waals surface area contributed by atoms with Crippen LogP contribution in [0, 0.1) is 11.8 Å². The van der Waals surface area contributed by atoms with Crippen LogP contribution in [0.5, 0.6) is 0 Å². The summed E-state index contributed by atoms with van der Waals surface area (Å²) in [5.74, 6) is -0.0906. The van der Waals surface area contributed by atoms with Gasteiger partial charge in [-0.3, -0.25) is 4.18 Å². The number of anilines is 1. The van der Waals surface area contributed by atoms with Gasteiger partial charge in [0.05, 0.1) is 51.2 Å². The van der Waals surface area contributed by atoms with Crippen LogP contribution in [0.1, 0.15) is 17.2 Å². The molecule has 0 spiro atoms. The molecule has 37 heavy (non-hydrogen) atoms. The number of benzene rings is 2.